The van der Waals surface area contributed by atoms with Crippen molar-refractivity contribution in [1.29, 1.82) is 0 Å². The third kappa shape index (κ3) is 5.41. The molecule has 5 heteroatoms. The quantitative estimate of drug-likeness (QED) is 0.788. The number of nitrogens with zero attached hydrogens (tertiary/aromatic N) is 2. The fourth-order valence-corrected chi connectivity index (χ4v) is 4.68. The highest BCUT2D eigenvalue weighted by Crippen LogP contribution is 2.29. The molecule has 2 aromatic rings. The third-order valence-electron chi connectivity index (χ3n) is 5.25. The van der Waals surface area contributed by atoms with E-state index in [1.807, 2.05) is 13.8 Å². The van der Waals surface area contributed by atoms with Gasteiger partial charge in [0.05, 0.1) is 6.04 Å². The first-order valence-electron chi connectivity index (χ1n) is 9.88. The van der Waals surface area contributed by atoms with Crippen LogP contribution < -0.4 is 5.32 Å². The molecular formula is C22H31N3OS. The van der Waals surface area contributed by atoms with Gasteiger partial charge in [0.25, 0.3) is 0 Å². The van der Waals surface area contributed by atoms with Gasteiger partial charge < -0.3 is 5.32 Å². The van der Waals surface area contributed by atoms with E-state index < -0.39 is 0 Å². The van der Waals surface area contributed by atoms with Crippen molar-refractivity contribution in [3.8, 4) is 0 Å². The Morgan fingerprint density at radius 2 is 1.74 bits per heavy atom. The molecule has 0 unspecified atom stereocenters. The van der Waals surface area contributed by atoms with Crippen molar-refractivity contribution in [3.63, 3.8) is 0 Å². The SMILES string of the molecule is CC(C)C(=O)N[C@@H](C)[C@H](c1cccs1)N1CCN(Cc2ccccc2)CC1. The fourth-order valence-electron chi connectivity index (χ4n) is 3.71. The highest BCUT2D eigenvalue weighted by molar-refractivity contribution is 7.10. The van der Waals surface area contributed by atoms with Crippen LogP contribution in [-0.2, 0) is 11.3 Å². The van der Waals surface area contributed by atoms with E-state index in [1.165, 1.54) is 10.4 Å². The monoisotopic (exact) mass is 385 g/mol. The second-order valence-electron chi connectivity index (χ2n) is 7.71. The number of benzene rings is 1. The van der Waals surface area contributed by atoms with Gasteiger partial charge in [0.15, 0.2) is 0 Å². The molecule has 1 aromatic heterocycles. The summed E-state index contributed by atoms with van der Waals surface area (Å²) in [6.07, 6.45) is 0. The number of piperazine rings is 1. The summed E-state index contributed by atoms with van der Waals surface area (Å²) in [6.45, 7) is 11.2. The van der Waals surface area contributed by atoms with Gasteiger partial charge in [-0.3, -0.25) is 14.6 Å². The molecule has 2 atom stereocenters. The molecule has 1 saturated heterocycles. The molecule has 4 nitrogen and oxygen atoms in total. The second-order valence-corrected chi connectivity index (χ2v) is 8.69. The van der Waals surface area contributed by atoms with Crippen LogP contribution in [0.15, 0.2) is 47.8 Å². The molecule has 0 saturated carbocycles. The topological polar surface area (TPSA) is 35.6 Å². The van der Waals surface area contributed by atoms with Gasteiger partial charge in [-0.15, -0.1) is 11.3 Å². The predicted molar refractivity (Wildman–Crippen MR) is 113 cm³/mol. The van der Waals surface area contributed by atoms with Crippen molar-refractivity contribution in [2.45, 2.75) is 39.4 Å². The molecule has 146 valence electrons. The first-order valence-corrected chi connectivity index (χ1v) is 10.8. The van der Waals surface area contributed by atoms with Gasteiger partial charge in [0.1, 0.15) is 0 Å². The zero-order valence-corrected chi connectivity index (χ0v) is 17.4. The van der Waals surface area contributed by atoms with Crippen LogP contribution in [0.3, 0.4) is 0 Å². The second kappa shape index (κ2) is 9.49. The Morgan fingerprint density at radius 3 is 2.33 bits per heavy atom. The first-order chi connectivity index (χ1) is 13.0. The van der Waals surface area contributed by atoms with Crippen molar-refractivity contribution in [3.05, 3.63) is 58.3 Å². The van der Waals surface area contributed by atoms with E-state index in [9.17, 15) is 4.79 Å². The number of carbonyl (C=O) groups excluding carboxylic acids is 1. The zero-order valence-electron chi connectivity index (χ0n) is 16.6. The summed E-state index contributed by atoms with van der Waals surface area (Å²) in [7, 11) is 0. The predicted octanol–water partition coefficient (Wildman–Crippen LogP) is 3.77. The number of rotatable bonds is 7. The lowest BCUT2D eigenvalue weighted by molar-refractivity contribution is -0.125. The number of hydrogen-bond donors (Lipinski definition) is 1. The fraction of sp³-hybridized carbons (Fsp3) is 0.500. The molecule has 27 heavy (non-hydrogen) atoms. The summed E-state index contributed by atoms with van der Waals surface area (Å²) in [5, 5.41) is 5.36. The van der Waals surface area contributed by atoms with Gasteiger partial charge in [-0.1, -0.05) is 50.2 Å². The van der Waals surface area contributed by atoms with Crippen LogP contribution in [0.2, 0.25) is 0 Å². The highest BCUT2D eigenvalue weighted by atomic mass is 32.1. The Kier molecular flexibility index (Phi) is 7.05. The Balaban J connectivity index is 1.63. The van der Waals surface area contributed by atoms with Crippen molar-refractivity contribution in [2.24, 2.45) is 5.92 Å². The number of carbonyl (C=O) groups is 1. The number of thiophene rings is 1. The average molecular weight is 386 g/mol. The number of amides is 1. The Labute approximate surface area is 167 Å². The lowest BCUT2D eigenvalue weighted by Crippen LogP contribution is -2.52. The van der Waals surface area contributed by atoms with E-state index >= 15 is 0 Å². The summed E-state index contributed by atoms with van der Waals surface area (Å²) >= 11 is 1.79. The Bertz CT molecular complexity index is 694. The van der Waals surface area contributed by atoms with Crippen LogP contribution in [-0.4, -0.2) is 47.9 Å². The number of hydrogen-bond acceptors (Lipinski definition) is 4. The molecule has 0 bridgehead atoms. The van der Waals surface area contributed by atoms with Crippen LogP contribution in [0.1, 0.15) is 37.3 Å². The summed E-state index contributed by atoms with van der Waals surface area (Å²) in [5.74, 6) is 0.144. The van der Waals surface area contributed by atoms with E-state index in [0.717, 1.165) is 32.7 Å². The minimum Gasteiger partial charge on any atom is -0.351 e. The van der Waals surface area contributed by atoms with Gasteiger partial charge in [-0.05, 0) is 23.9 Å². The standard InChI is InChI=1S/C22H31N3OS/c1-17(2)22(26)23-18(3)21(20-10-7-15-27-20)25-13-11-24(12-14-25)16-19-8-5-4-6-9-19/h4-10,15,17-18,21H,11-14,16H2,1-3H3,(H,23,26)/t18-,21+/m0/s1. The van der Waals surface area contributed by atoms with E-state index in [2.05, 4.69) is 69.9 Å². The minimum atomic E-state index is 0.0131. The Morgan fingerprint density at radius 1 is 1.04 bits per heavy atom. The van der Waals surface area contributed by atoms with Crippen LogP contribution in [0, 0.1) is 5.92 Å². The van der Waals surface area contributed by atoms with Crippen molar-refractivity contribution in [1.82, 2.24) is 15.1 Å². The van der Waals surface area contributed by atoms with E-state index in [-0.39, 0.29) is 23.9 Å². The molecule has 1 aromatic carbocycles. The van der Waals surface area contributed by atoms with Crippen molar-refractivity contribution in [2.75, 3.05) is 26.2 Å². The van der Waals surface area contributed by atoms with Crippen molar-refractivity contribution >= 4 is 17.2 Å². The van der Waals surface area contributed by atoms with E-state index in [0.29, 0.717) is 0 Å². The maximum Gasteiger partial charge on any atom is 0.222 e. The molecule has 0 aliphatic carbocycles. The lowest BCUT2D eigenvalue weighted by atomic mass is 10.0. The summed E-state index contributed by atoms with van der Waals surface area (Å²) in [6, 6.07) is 15.3. The van der Waals surface area contributed by atoms with E-state index in [1.54, 1.807) is 11.3 Å². The highest BCUT2D eigenvalue weighted by Gasteiger charge is 2.31. The normalized spacial score (nSPS) is 18.4. The average Bonchev–Trinajstić information content (AvgIpc) is 3.18. The summed E-state index contributed by atoms with van der Waals surface area (Å²) < 4.78 is 0. The van der Waals surface area contributed by atoms with Gasteiger partial charge >= 0.3 is 0 Å². The maximum absolute atomic E-state index is 12.2. The first kappa shape index (κ1) is 20.1. The molecule has 0 radical (unpaired) electrons. The molecule has 1 aliphatic rings. The smallest absolute Gasteiger partial charge is 0.222 e. The molecule has 1 N–H and O–H groups in total. The van der Waals surface area contributed by atoms with Gasteiger partial charge in [0.2, 0.25) is 5.91 Å². The molecular weight excluding hydrogens is 354 g/mol. The molecule has 0 spiro atoms. The van der Waals surface area contributed by atoms with Crippen LogP contribution >= 0.6 is 11.3 Å². The number of nitrogens with one attached hydrogen (secondary N) is 1. The van der Waals surface area contributed by atoms with Gasteiger partial charge in [-0.25, -0.2) is 0 Å². The maximum atomic E-state index is 12.2. The van der Waals surface area contributed by atoms with E-state index in [4.69, 9.17) is 0 Å². The molecule has 2 heterocycles. The molecule has 3 rings (SSSR count). The largest absolute Gasteiger partial charge is 0.351 e. The minimum absolute atomic E-state index is 0.0131. The molecule has 1 fully saturated rings. The third-order valence-corrected chi connectivity index (χ3v) is 6.19. The van der Waals surface area contributed by atoms with Gasteiger partial charge in [0, 0.05) is 49.6 Å². The molecule has 1 aliphatic heterocycles. The summed E-state index contributed by atoms with van der Waals surface area (Å²) in [4.78, 5) is 18.6. The van der Waals surface area contributed by atoms with Crippen LogP contribution in [0.25, 0.3) is 0 Å². The van der Waals surface area contributed by atoms with Crippen molar-refractivity contribution < 1.29 is 4.79 Å². The van der Waals surface area contributed by atoms with Crippen LogP contribution in [0.5, 0.6) is 0 Å². The molecule has 1 amide bonds. The van der Waals surface area contributed by atoms with Crippen LogP contribution in [0.4, 0.5) is 0 Å². The van der Waals surface area contributed by atoms with Gasteiger partial charge in [-0.2, -0.15) is 0 Å². The summed E-state index contributed by atoms with van der Waals surface area (Å²) in [5.41, 5.74) is 1.37. The lowest BCUT2D eigenvalue weighted by Gasteiger charge is -2.41. The zero-order chi connectivity index (χ0) is 19.2. The Hall–Kier alpha value is -1.69.